The Kier molecular flexibility index (Phi) is 6.54. The molecular weight excluding hydrogens is 428 g/mol. The summed E-state index contributed by atoms with van der Waals surface area (Å²) < 4.78 is 1.95. The zero-order valence-electron chi connectivity index (χ0n) is 17.0. The molecule has 3 aromatic heterocycles. The van der Waals surface area contributed by atoms with E-state index in [1.807, 2.05) is 66.9 Å². The maximum Gasteiger partial charge on any atom is 0.250 e. The zero-order chi connectivity index (χ0) is 21.6. The summed E-state index contributed by atoms with van der Waals surface area (Å²) in [6.07, 6.45) is 5.09. The summed E-state index contributed by atoms with van der Waals surface area (Å²) in [7, 11) is 0. The van der Waals surface area contributed by atoms with Crippen LogP contribution >= 0.6 is 23.1 Å². The fraction of sp³-hybridized carbons (Fsp3) is 0.136. The van der Waals surface area contributed by atoms with Crippen molar-refractivity contribution in [3.63, 3.8) is 0 Å². The number of pyridine rings is 1. The second kappa shape index (κ2) is 9.67. The van der Waals surface area contributed by atoms with Gasteiger partial charge in [0, 0.05) is 33.4 Å². The van der Waals surface area contributed by atoms with Crippen LogP contribution in [0.3, 0.4) is 0 Å². The van der Waals surface area contributed by atoms with E-state index in [0.29, 0.717) is 11.0 Å². The highest BCUT2D eigenvalue weighted by Gasteiger charge is 2.17. The summed E-state index contributed by atoms with van der Waals surface area (Å²) in [6, 6.07) is 15.9. The molecule has 0 spiro atoms. The number of thiophene rings is 1. The van der Waals surface area contributed by atoms with Gasteiger partial charge < -0.3 is 0 Å². The van der Waals surface area contributed by atoms with Gasteiger partial charge in [-0.2, -0.15) is 5.10 Å². The molecule has 31 heavy (non-hydrogen) atoms. The van der Waals surface area contributed by atoms with E-state index in [-0.39, 0.29) is 11.7 Å². The van der Waals surface area contributed by atoms with Gasteiger partial charge in [0.2, 0.25) is 0 Å². The molecule has 0 saturated carbocycles. The molecule has 0 aliphatic heterocycles. The molecule has 0 aliphatic rings. The SMILES string of the molecule is Cc1ccc(-n2c(SCC(=O)NN=Cc3ccc(C)s3)nnc2-c2ccncc2)cc1. The molecule has 0 atom stereocenters. The monoisotopic (exact) mass is 448 g/mol. The molecule has 1 amide bonds. The van der Waals surface area contributed by atoms with Crippen LogP contribution in [0.15, 0.2) is 71.2 Å². The van der Waals surface area contributed by atoms with Gasteiger partial charge in [0.15, 0.2) is 11.0 Å². The van der Waals surface area contributed by atoms with E-state index in [2.05, 4.69) is 25.7 Å². The number of hydrogen-bond acceptors (Lipinski definition) is 7. The number of carbonyl (C=O) groups is 1. The average Bonchev–Trinajstić information content (AvgIpc) is 3.39. The van der Waals surface area contributed by atoms with Crippen molar-refractivity contribution in [1.82, 2.24) is 25.2 Å². The van der Waals surface area contributed by atoms with E-state index < -0.39 is 0 Å². The van der Waals surface area contributed by atoms with Crippen molar-refractivity contribution in [3.8, 4) is 17.1 Å². The number of thioether (sulfide) groups is 1. The quantitative estimate of drug-likeness (QED) is 0.260. The number of aryl methyl sites for hydroxylation is 2. The Morgan fingerprint density at radius 3 is 2.58 bits per heavy atom. The number of hydrazone groups is 1. The lowest BCUT2D eigenvalue weighted by Gasteiger charge is -2.10. The van der Waals surface area contributed by atoms with Crippen molar-refractivity contribution < 1.29 is 4.79 Å². The van der Waals surface area contributed by atoms with Gasteiger partial charge in [-0.05, 0) is 50.2 Å². The van der Waals surface area contributed by atoms with Crippen molar-refractivity contribution in [2.75, 3.05) is 5.75 Å². The zero-order valence-corrected chi connectivity index (χ0v) is 18.7. The van der Waals surface area contributed by atoms with Crippen LogP contribution in [-0.2, 0) is 4.79 Å². The minimum atomic E-state index is -0.210. The highest BCUT2D eigenvalue weighted by atomic mass is 32.2. The lowest BCUT2D eigenvalue weighted by Crippen LogP contribution is -2.19. The van der Waals surface area contributed by atoms with Crippen LogP contribution in [-0.4, -0.2) is 37.6 Å². The van der Waals surface area contributed by atoms with Crippen LogP contribution in [0.2, 0.25) is 0 Å². The summed E-state index contributed by atoms with van der Waals surface area (Å²) in [6.45, 7) is 4.07. The van der Waals surface area contributed by atoms with E-state index in [1.54, 1.807) is 29.9 Å². The molecule has 9 heteroatoms. The Balaban J connectivity index is 1.51. The van der Waals surface area contributed by atoms with Crippen molar-refractivity contribution in [2.24, 2.45) is 5.10 Å². The predicted molar refractivity (Wildman–Crippen MR) is 125 cm³/mol. The number of aromatic nitrogens is 4. The summed E-state index contributed by atoms with van der Waals surface area (Å²) in [5.74, 6) is 0.653. The first-order valence-electron chi connectivity index (χ1n) is 9.54. The Morgan fingerprint density at radius 1 is 1.10 bits per heavy atom. The van der Waals surface area contributed by atoms with Gasteiger partial charge in [0.1, 0.15) is 0 Å². The third-order valence-electron chi connectivity index (χ3n) is 4.34. The lowest BCUT2D eigenvalue weighted by atomic mass is 10.2. The number of benzene rings is 1. The van der Waals surface area contributed by atoms with Crippen molar-refractivity contribution in [1.29, 1.82) is 0 Å². The van der Waals surface area contributed by atoms with Gasteiger partial charge in [0.05, 0.1) is 12.0 Å². The molecule has 0 fully saturated rings. The number of nitrogens with zero attached hydrogens (tertiary/aromatic N) is 5. The van der Waals surface area contributed by atoms with Gasteiger partial charge in [-0.15, -0.1) is 21.5 Å². The maximum atomic E-state index is 12.3. The first-order chi connectivity index (χ1) is 15.1. The molecule has 0 unspecified atom stereocenters. The Hall–Kier alpha value is -3.30. The Labute approximate surface area is 188 Å². The third-order valence-corrected chi connectivity index (χ3v) is 6.20. The molecule has 0 aliphatic carbocycles. The topological polar surface area (TPSA) is 85.1 Å². The number of rotatable bonds is 7. The first-order valence-corrected chi connectivity index (χ1v) is 11.3. The van der Waals surface area contributed by atoms with Crippen LogP contribution in [0.1, 0.15) is 15.3 Å². The fourth-order valence-corrected chi connectivity index (χ4v) is 4.32. The molecular formula is C22H20N6OS2. The third kappa shape index (κ3) is 5.25. The van der Waals surface area contributed by atoms with Gasteiger partial charge in [-0.1, -0.05) is 29.5 Å². The van der Waals surface area contributed by atoms with Gasteiger partial charge in [-0.25, -0.2) is 5.43 Å². The largest absolute Gasteiger partial charge is 0.272 e. The normalized spacial score (nSPS) is 11.2. The van der Waals surface area contributed by atoms with Crippen LogP contribution in [0, 0.1) is 13.8 Å². The Bertz CT molecular complexity index is 1200. The van der Waals surface area contributed by atoms with E-state index in [4.69, 9.17) is 0 Å². The molecule has 3 heterocycles. The molecule has 0 saturated heterocycles. The van der Waals surface area contributed by atoms with Crippen LogP contribution in [0.25, 0.3) is 17.1 Å². The molecule has 0 radical (unpaired) electrons. The minimum absolute atomic E-state index is 0.168. The predicted octanol–water partition coefficient (Wildman–Crippen LogP) is 4.25. The van der Waals surface area contributed by atoms with E-state index >= 15 is 0 Å². The van der Waals surface area contributed by atoms with Crippen molar-refractivity contribution >= 4 is 35.2 Å². The molecule has 156 valence electrons. The molecule has 1 N–H and O–H groups in total. The smallest absolute Gasteiger partial charge is 0.250 e. The second-order valence-corrected chi connectivity index (χ2v) is 9.01. The van der Waals surface area contributed by atoms with Gasteiger partial charge in [-0.3, -0.25) is 14.3 Å². The van der Waals surface area contributed by atoms with Crippen molar-refractivity contribution in [2.45, 2.75) is 19.0 Å². The van der Waals surface area contributed by atoms with Crippen LogP contribution in [0.4, 0.5) is 0 Å². The lowest BCUT2D eigenvalue weighted by molar-refractivity contribution is -0.118. The highest BCUT2D eigenvalue weighted by molar-refractivity contribution is 7.99. The Morgan fingerprint density at radius 2 is 1.87 bits per heavy atom. The van der Waals surface area contributed by atoms with Crippen LogP contribution < -0.4 is 5.43 Å². The summed E-state index contributed by atoms with van der Waals surface area (Å²) in [5, 5.41) is 13.4. The van der Waals surface area contributed by atoms with Crippen LogP contribution in [0.5, 0.6) is 0 Å². The van der Waals surface area contributed by atoms with E-state index in [1.165, 1.54) is 16.6 Å². The van der Waals surface area contributed by atoms with Gasteiger partial charge >= 0.3 is 0 Å². The van der Waals surface area contributed by atoms with E-state index in [9.17, 15) is 4.79 Å². The van der Waals surface area contributed by atoms with Crippen molar-refractivity contribution in [3.05, 3.63) is 76.2 Å². The first kappa shape index (κ1) is 21.0. The molecule has 1 aromatic carbocycles. The molecule has 4 rings (SSSR count). The molecule has 0 bridgehead atoms. The minimum Gasteiger partial charge on any atom is -0.272 e. The number of carbonyl (C=O) groups excluding carboxylic acids is 1. The number of hydrogen-bond donors (Lipinski definition) is 1. The maximum absolute atomic E-state index is 12.3. The molecule has 7 nitrogen and oxygen atoms in total. The van der Waals surface area contributed by atoms with E-state index in [0.717, 1.165) is 21.7 Å². The summed E-state index contributed by atoms with van der Waals surface area (Å²) >= 11 is 2.93. The number of amides is 1. The fourth-order valence-electron chi connectivity index (χ4n) is 2.83. The summed E-state index contributed by atoms with van der Waals surface area (Å²) in [4.78, 5) is 18.5. The summed E-state index contributed by atoms with van der Waals surface area (Å²) in [5.41, 5.74) is 5.55. The average molecular weight is 449 g/mol. The highest BCUT2D eigenvalue weighted by Crippen LogP contribution is 2.27. The number of nitrogens with one attached hydrogen (secondary N) is 1. The second-order valence-electron chi connectivity index (χ2n) is 6.74. The molecule has 4 aromatic rings. The standard InChI is InChI=1S/C22H20N6OS2/c1-15-3-6-18(7-4-15)28-21(17-9-11-23-12-10-17)26-27-22(28)30-14-20(29)25-24-13-19-8-5-16(2)31-19/h3-13H,14H2,1-2H3,(H,25,29). The van der Waals surface area contributed by atoms with Gasteiger partial charge in [0.25, 0.3) is 5.91 Å².